The van der Waals surface area contributed by atoms with Crippen molar-refractivity contribution < 1.29 is 13.2 Å². The van der Waals surface area contributed by atoms with Crippen molar-refractivity contribution >= 4 is 37.5 Å². The normalized spacial score (nSPS) is 11.2. The fourth-order valence-electron chi connectivity index (χ4n) is 1.09. The van der Waals surface area contributed by atoms with E-state index in [-0.39, 0.29) is 18.1 Å². The first-order valence-electron chi connectivity index (χ1n) is 4.87. The van der Waals surface area contributed by atoms with Gasteiger partial charge in [0.2, 0.25) is 5.91 Å². The maximum Gasteiger partial charge on any atom is 0.226 e. The van der Waals surface area contributed by atoms with Crippen molar-refractivity contribution in [3.05, 3.63) is 22.3 Å². The Morgan fingerprint density at radius 1 is 1.53 bits per heavy atom. The molecule has 1 aromatic heterocycles. The van der Waals surface area contributed by atoms with Crippen LogP contribution in [0.3, 0.4) is 0 Å². The fourth-order valence-corrected chi connectivity index (χ4v) is 1.86. The molecule has 0 atom stereocenters. The van der Waals surface area contributed by atoms with Gasteiger partial charge in [0.15, 0.2) is 0 Å². The van der Waals surface area contributed by atoms with Crippen molar-refractivity contribution in [2.45, 2.75) is 13.3 Å². The van der Waals surface area contributed by atoms with E-state index < -0.39 is 9.84 Å². The third-order valence-electron chi connectivity index (χ3n) is 2.01. The largest absolute Gasteiger partial charge is 0.311 e. The molecule has 1 N–H and O–H groups in total. The molecule has 0 aliphatic heterocycles. The number of carbonyl (C=O) groups excluding carboxylic acids is 1. The zero-order chi connectivity index (χ0) is 13.1. The zero-order valence-electron chi connectivity index (χ0n) is 9.53. The highest BCUT2D eigenvalue weighted by Crippen LogP contribution is 2.17. The number of nitrogens with one attached hydrogen (secondary N) is 1. The molecule has 0 radical (unpaired) electrons. The van der Waals surface area contributed by atoms with Crippen molar-refractivity contribution in [2.24, 2.45) is 0 Å². The Kier molecular flexibility index (Phi) is 4.64. The number of anilines is 1. The number of nitrogens with zero attached hydrogens (tertiary/aromatic N) is 1. The number of rotatable bonds is 4. The van der Waals surface area contributed by atoms with Gasteiger partial charge in [-0.05, 0) is 34.5 Å². The molecule has 0 saturated heterocycles. The highest BCUT2D eigenvalue weighted by Gasteiger charge is 2.09. The summed E-state index contributed by atoms with van der Waals surface area (Å²) in [6, 6.07) is 1.71. The maximum absolute atomic E-state index is 11.4. The number of aromatic nitrogens is 1. The summed E-state index contributed by atoms with van der Waals surface area (Å²) in [5.41, 5.74) is 0.943. The minimum atomic E-state index is -3.12. The van der Waals surface area contributed by atoms with Gasteiger partial charge in [0.05, 0.1) is 5.75 Å². The van der Waals surface area contributed by atoms with Gasteiger partial charge < -0.3 is 5.32 Å². The van der Waals surface area contributed by atoms with Crippen LogP contribution in [0.1, 0.15) is 12.0 Å². The van der Waals surface area contributed by atoms with Gasteiger partial charge in [0, 0.05) is 23.3 Å². The second kappa shape index (κ2) is 5.59. The van der Waals surface area contributed by atoms with E-state index >= 15 is 0 Å². The smallest absolute Gasteiger partial charge is 0.226 e. The molecule has 17 heavy (non-hydrogen) atoms. The van der Waals surface area contributed by atoms with Crippen LogP contribution in [0.5, 0.6) is 0 Å². The SMILES string of the molecule is Cc1cc(NC(=O)CCS(C)(=O)=O)ncc1Br. The molecule has 0 spiro atoms. The minimum Gasteiger partial charge on any atom is -0.311 e. The molecule has 1 rings (SSSR count). The first-order chi connectivity index (χ1) is 7.78. The van der Waals surface area contributed by atoms with Crippen molar-refractivity contribution in [3.63, 3.8) is 0 Å². The van der Waals surface area contributed by atoms with Gasteiger partial charge in [-0.15, -0.1) is 0 Å². The van der Waals surface area contributed by atoms with Gasteiger partial charge in [-0.1, -0.05) is 0 Å². The van der Waals surface area contributed by atoms with Crippen LogP contribution < -0.4 is 5.32 Å². The lowest BCUT2D eigenvalue weighted by Crippen LogP contribution is -2.17. The van der Waals surface area contributed by atoms with Crippen molar-refractivity contribution in [1.29, 1.82) is 0 Å². The molecule has 0 aliphatic rings. The molecule has 1 heterocycles. The predicted octanol–water partition coefficient (Wildman–Crippen LogP) is 1.53. The standard InChI is InChI=1S/C10H13BrN2O3S/c1-7-5-9(12-6-8(7)11)13-10(14)3-4-17(2,15)16/h5-6H,3-4H2,1-2H3,(H,12,13,14). The van der Waals surface area contributed by atoms with Crippen LogP contribution in [-0.2, 0) is 14.6 Å². The lowest BCUT2D eigenvalue weighted by atomic mass is 10.3. The summed E-state index contributed by atoms with van der Waals surface area (Å²) in [7, 11) is -3.12. The molecular formula is C10H13BrN2O3S. The second-order valence-electron chi connectivity index (χ2n) is 3.75. The Morgan fingerprint density at radius 3 is 2.71 bits per heavy atom. The van der Waals surface area contributed by atoms with E-state index in [0.29, 0.717) is 5.82 Å². The van der Waals surface area contributed by atoms with E-state index in [0.717, 1.165) is 16.3 Å². The Balaban J connectivity index is 2.59. The molecule has 1 aromatic rings. The average Bonchev–Trinajstić information content (AvgIpc) is 2.20. The number of carbonyl (C=O) groups is 1. The number of sulfone groups is 1. The van der Waals surface area contributed by atoms with Gasteiger partial charge in [-0.2, -0.15) is 0 Å². The van der Waals surface area contributed by atoms with Crippen LogP contribution in [0.2, 0.25) is 0 Å². The number of amides is 1. The number of hydrogen-bond donors (Lipinski definition) is 1. The Bertz CT molecular complexity index is 528. The summed E-state index contributed by atoms with van der Waals surface area (Å²) in [5, 5.41) is 2.55. The van der Waals surface area contributed by atoms with Crippen LogP contribution >= 0.6 is 15.9 Å². The van der Waals surface area contributed by atoms with E-state index in [1.807, 2.05) is 6.92 Å². The van der Waals surface area contributed by atoms with E-state index in [1.165, 1.54) is 0 Å². The Labute approximate surface area is 109 Å². The molecule has 0 aliphatic carbocycles. The molecule has 0 bridgehead atoms. The molecule has 94 valence electrons. The van der Waals surface area contributed by atoms with Crippen LogP contribution in [0.4, 0.5) is 5.82 Å². The van der Waals surface area contributed by atoms with E-state index in [2.05, 4.69) is 26.2 Å². The topological polar surface area (TPSA) is 76.1 Å². The van der Waals surface area contributed by atoms with Crippen LogP contribution in [-0.4, -0.2) is 31.3 Å². The molecule has 5 nitrogen and oxygen atoms in total. The summed E-state index contributed by atoms with van der Waals surface area (Å²) >= 11 is 3.30. The third kappa shape index (κ3) is 5.27. The summed E-state index contributed by atoms with van der Waals surface area (Å²) in [6.07, 6.45) is 2.62. The van der Waals surface area contributed by atoms with Crippen LogP contribution in [0.25, 0.3) is 0 Å². The van der Waals surface area contributed by atoms with Crippen molar-refractivity contribution in [2.75, 3.05) is 17.3 Å². The monoisotopic (exact) mass is 320 g/mol. The van der Waals surface area contributed by atoms with Crippen molar-refractivity contribution in [3.8, 4) is 0 Å². The van der Waals surface area contributed by atoms with E-state index in [9.17, 15) is 13.2 Å². The van der Waals surface area contributed by atoms with E-state index in [4.69, 9.17) is 0 Å². The minimum absolute atomic E-state index is 0.0599. The quantitative estimate of drug-likeness (QED) is 0.912. The average molecular weight is 321 g/mol. The summed E-state index contributed by atoms with van der Waals surface area (Å²) in [6.45, 7) is 1.87. The lowest BCUT2D eigenvalue weighted by Gasteiger charge is -2.05. The Morgan fingerprint density at radius 2 is 2.18 bits per heavy atom. The van der Waals surface area contributed by atoms with Crippen molar-refractivity contribution in [1.82, 2.24) is 4.98 Å². The molecule has 1 amide bonds. The second-order valence-corrected chi connectivity index (χ2v) is 6.86. The molecule has 0 fully saturated rings. The van der Waals surface area contributed by atoms with Gasteiger partial charge in [0.1, 0.15) is 15.7 Å². The molecule has 0 saturated carbocycles. The maximum atomic E-state index is 11.4. The number of hydrogen-bond acceptors (Lipinski definition) is 4. The molecule has 0 unspecified atom stereocenters. The number of aryl methyl sites for hydroxylation is 1. The van der Waals surface area contributed by atoms with Gasteiger partial charge in [-0.3, -0.25) is 4.79 Å². The number of halogens is 1. The highest BCUT2D eigenvalue weighted by molar-refractivity contribution is 9.10. The molecule has 0 aromatic carbocycles. The van der Waals surface area contributed by atoms with Crippen LogP contribution in [0.15, 0.2) is 16.7 Å². The predicted molar refractivity (Wildman–Crippen MR) is 69.6 cm³/mol. The van der Waals surface area contributed by atoms with Gasteiger partial charge >= 0.3 is 0 Å². The first kappa shape index (κ1) is 14.1. The van der Waals surface area contributed by atoms with E-state index in [1.54, 1.807) is 12.3 Å². The number of pyridine rings is 1. The first-order valence-corrected chi connectivity index (χ1v) is 7.73. The Hall–Kier alpha value is -0.950. The zero-order valence-corrected chi connectivity index (χ0v) is 11.9. The van der Waals surface area contributed by atoms with Gasteiger partial charge in [0.25, 0.3) is 0 Å². The summed E-state index contributed by atoms with van der Waals surface area (Å²) in [5.74, 6) is -0.0946. The summed E-state index contributed by atoms with van der Waals surface area (Å²) in [4.78, 5) is 15.4. The van der Waals surface area contributed by atoms with Gasteiger partial charge in [-0.25, -0.2) is 13.4 Å². The molecule has 7 heteroatoms. The molecular weight excluding hydrogens is 308 g/mol. The highest BCUT2D eigenvalue weighted by atomic mass is 79.9. The third-order valence-corrected chi connectivity index (χ3v) is 3.79. The fraction of sp³-hybridized carbons (Fsp3) is 0.400. The van der Waals surface area contributed by atoms with Crippen LogP contribution in [0, 0.1) is 6.92 Å². The summed E-state index contributed by atoms with van der Waals surface area (Å²) < 4.78 is 22.6. The lowest BCUT2D eigenvalue weighted by molar-refractivity contribution is -0.115.